The van der Waals surface area contributed by atoms with Crippen LogP contribution in [0, 0.1) is 13.8 Å². The molecular formula is C21H26N2O2. The quantitative estimate of drug-likeness (QED) is 0.732. The summed E-state index contributed by atoms with van der Waals surface area (Å²) in [5.41, 5.74) is 4.08. The van der Waals surface area contributed by atoms with Gasteiger partial charge in [-0.15, -0.1) is 0 Å². The normalized spacial score (nSPS) is 10.4. The molecule has 0 atom stereocenters. The van der Waals surface area contributed by atoms with Gasteiger partial charge in [0.15, 0.2) is 0 Å². The van der Waals surface area contributed by atoms with Gasteiger partial charge in [0, 0.05) is 23.4 Å². The smallest absolute Gasteiger partial charge is 0.255 e. The molecule has 0 saturated carbocycles. The van der Waals surface area contributed by atoms with Crippen LogP contribution in [0.4, 0.5) is 5.69 Å². The maximum atomic E-state index is 12.4. The fourth-order valence-corrected chi connectivity index (χ4v) is 2.70. The van der Waals surface area contributed by atoms with Crippen molar-refractivity contribution in [2.75, 3.05) is 11.9 Å². The van der Waals surface area contributed by atoms with Gasteiger partial charge in [-0.2, -0.15) is 0 Å². The minimum Gasteiger partial charge on any atom is -0.352 e. The third-order valence-corrected chi connectivity index (χ3v) is 3.95. The van der Waals surface area contributed by atoms with Gasteiger partial charge in [0.05, 0.1) is 0 Å². The first kappa shape index (κ1) is 18.7. The molecule has 2 amide bonds. The molecular weight excluding hydrogens is 312 g/mol. The van der Waals surface area contributed by atoms with Crippen molar-refractivity contribution >= 4 is 17.5 Å². The number of anilines is 1. The second kappa shape index (κ2) is 9.02. The van der Waals surface area contributed by atoms with Gasteiger partial charge in [-0.1, -0.05) is 25.8 Å². The maximum absolute atomic E-state index is 12.4. The van der Waals surface area contributed by atoms with Gasteiger partial charge < -0.3 is 10.6 Å². The number of carbonyl (C=O) groups excluding carboxylic acids is 2. The molecule has 0 heterocycles. The summed E-state index contributed by atoms with van der Waals surface area (Å²) < 4.78 is 0. The summed E-state index contributed by atoms with van der Waals surface area (Å²) in [6.45, 7) is 6.80. The van der Waals surface area contributed by atoms with Crippen molar-refractivity contribution in [2.45, 2.75) is 40.0 Å². The van der Waals surface area contributed by atoms with Gasteiger partial charge in [0.1, 0.15) is 0 Å². The summed E-state index contributed by atoms with van der Waals surface area (Å²) in [6.07, 6.45) is 3.22. The van der Waals surface area contributed by atoms with Crippen molar-refractivity contribution < 1.29 is 9.59 Å². The molecule has 4 nitrogen and oxygen atoms in total. The largest absolute Gasteiger partial charge is 0.352 e. The number of unbranched alkanes of at least 4 members (excludes halogenated alkanes) is 2. The van der Waals surface area contributed by atoms with E-state index in [4.69, 9.17) is 0 Å². The fourth-order valence-electron chi connectivity index (χ4n) is 2.70. The van der Waals surface area contributed by atoms with Crippen LogP contribution in [-0.2, 0) is 0 Å². The molecule has 25 heavy (non-hydrogen) atoms. The second-order valence-electron chi connectivity index (χ2n) is 6.37. The molecule has 0 fully saturated rings. The van der Waals surface area contributed by atoms with Crippen LogP contribution in [0.5, 0.6) is 0 Å². The van der Waals surface area contributed by atoms with E-state index in [9.17, 15) is 9.59 Å². The number of hydrogen-bond donors (Lipinski definition) is 2. The van der Waals surface area contributed by atoms with Crippen LogP contribution < -0.4 is 10.6 Å². The predicted molar refractivity (Wildman–Crippen MR) is 102 cm³/mol. The first-order valence-electron chi connectivity index (χ1n) is 8.77. The summed E-state index contributed by atoms with van der Waals surface area (Å²) >= 11 is 0. The van der Waals surface area contributed by atoms with Gasteiger partial charge in [0.25, 0.3) is 11.8 Å². The number of aryl methyl sites for hydroxylation is 2. The predicted octanol–water partition coefficient (Wildman–Crippen LogP) is 4.48. The van der Waals surface area contributed by atoms with Crippen LogP contribution in [0.25, 0.3) is 0 Å². The number of nitrogens with one attached hydrogen (secondary N) is 2. The minimum absolute atomic E-state index is 0.0997. The molecule has 0 saturated heterocycles. The van der Waals surface area contributed by atoms with Crippen molar-refractivity contribution in [1.82, 2.24) is 5.32 Å². The van der Waals surface area contributed by atoms with Gasteiger partial charge in [0.2, 0.25) is 0 Å². The van der Waals surface area contributed by atoms with Crippen LogP contribution in [-0.4, -0.2) is 18.4 Å². The Morgan fingerprint density at radius 1 is 0.840 bits per heavy atom. The molecule has 132 valence electrons. The molecule has 0 unspecified atom stereocenters. The highest BCUT2D eigenvalue weighted by atomic mass is 16.2. The number of amides is 2. The second-order valence-corrected chi connectivity index (χ2v) is 6.37. The van der Waals surface area contributed by atoms with E-state index in [0.29, 0.717) is 17.7 Å². The molecule has 2 rings (SSSR count). The van der Waals surface area contributed by atoms with Gasteiger partial charge >= 0.3 is 0 Å². The molecule has 0 spiro atoms. The Kier molecular flexibility index (Phi) is 6.75. The highest BCUT2D eigenvalue weighted by molar-refractivity contribution is 6.05. The summed E-state index contributed by atoms with van der Waals surface area (Å²) in [7, 11) is 0. The van der Waals surface area contributed by atoms with Crippen LogP contribution in [0.1, 0.15) is 58.0 Å². The number of carbonyl (C=O) groups is 2. The zero-order valence-electron chi connectivity index (χ0n) is 15.2. The highest BCUT2D eigenvalue weighted by Gasteiger charge is 2.09. The van der Waals surface area contributed by atoms with Crippen molar-refractivity contribution in [1.29, 1.82) is 0 Å². The molecule has 0 bridgehead atoms. The van der Waals surface area contributed by atoms with E-state index in [0.717, 1.165) is 36.1 Å². The Hall–Kier alpha value is -2.62. The molecule has 2 aromatic rings. The van der Waals surface area contributed by atoms with Crippen molar-refractivity contribution in [2.24, 2.45) is 0 Å². The monoisotopic (exact) mass is 338 g/mol. The molecule has 0 aromatic heterocycles. The summed E-state index contributed by atoms with van der Waals surface area (Å²) in [4.78, 5) is 24.4. The SMILES string of the molecule is CCCCCNC(=O)c1ccc(C(=O)Nc2cc(C)cc(C)c2)cc1. The van der Waals surface area contributed by atoms with Crippen molar-refractivity contribution in [3.05, 3.63) is 64.7 Å². The van der Waals surface area contributed by atoms with E-state index in [2.05, 4.69) is 23.6 Å². The molecule has 2 aromatic carbocycles. The standard InChI is InChI=1S/C21H26N2O2/c1-4-5-6-11-22-20(24)17-7-9-18(10-8-17)21(25)23-19-13-15(2)12-16(3)14-19/h7-10,12-14H,4-6,11H2,1-3H3,(H,22,24)(H,23,25). The molecule has 0 aliphatic heterocycles. The van der Waals surface area contributed by atoms with Gasteiger partial charge in [-0.3, -0.25) is 9.59 Å². The lowest BCUT2D eigenvalue weighted by molar-refractivity contribution is 0.0951. The third kappa shape index (κ3) is 5.75. The molecule has 0 radical (unpaired) electrons. The lowest BCUT2D eigenvalue weighted by Crippen LogP contribution is -2.24. The minimum atomic E-state index is -0.181. The lowest BCUT2D eigenvalue weighted by atomic mass is 10.1. The van der Waals surface area contributed by atoms with Crippen LogP contribution >= 0.6 is 0 Å². The van der Waals surface area contributed by atoms with Crippen LogP contribution in [0.2, 0.25) is 0 Å². The molecule has 4 heteroatoms. The first-order valence-corrected chi connectivity index (χ1v) is 8.77. The lowest BCUT2D eigenvalue weighted by Gasteiger charge is -2.09. The number of rotatable bonds is 7. The average molecular weight is 338 g/mol. The highest BCUT2D eigenvalue weighted by Crippen LogP contribution is 2.15. The van der Waals surface area contributed by atoms with E-state index in [-0.39, 0.29) is 11.8 Å². The zero-order chi connectivity index (χ0) is 18.2. The topological polar surface area (TPSA) is 58.2 Å². The van der Waals surface area contributed by atoms with Crippen molar-refractivity contribution in [3.8, 4) is 0 Å². The summed E-state index contributed by atoms with van der Waals surface area (Å²) in [6, 6.07) is 12.7. The maximum Gasteiger partial charge on any atom is 0.255 e. The summed E-state index contributed by atoms with van der Waals surface area (Å²) in [5, 5.41) is 5.79. The molecule has 2 N–H and O–H groups in total. The molecule has 0 aliphatic rings. The Bertz CT molecular complexity index is 716. The van der Waals surface area contributed by atoms with E-state index in [1.807, 2.05) is 26.0 Å². The Balaban J connectivity index is 1.96. The van der Waals surface area contributed by atoms with E-state index >= 15 is 0 Å². The third-order valence-electron chi connectivity index (χ3n) is 3.95. The number of benzene rings is 2. The summed E-state index contributed by atoms with van der Waals surface area (Å²) in [5.74, 6) is -0.280. The Morgan fingerprint density at radius 2 is 1.40 bits per heavy atom. The van der Waals surface area contributed by atoms with Gasteiger partial charge in [-0.25, -0.2) is 0 Å². The Morgan fingerprint density at radius 3 is 1.96 bits per heavy atom. The Labute approximate surface area is 149 Å². The molecule has 0 aliphatic carbocycles. The number of hydrogen-bond acceptors (Lipinski definition) is 2. The van der Waals surface area contributed by atoms with Crippen LogP contribution in [0.15, 0.2) is 42.5 Å². The van der Waals surface area contributed by atoms with Crippen LogP contribution in [0.3, 0.4) is 0 Å². The first-order chi connectivity index (χ1) is 12.0. The van der Waals surface area contributed by atoms with Gasteiger partial charge in [-0.05, 0) is 67.8 Å². The average Bonchev–Trinajstić information content (AvgIpc) is 2.57. The van der Waals surface area contributed by atoms with E-state index < -0.39 is 0 Å². The van der Waals surface area contributed by atoms with E-state index in [1.54, 1.807) is 24.3 Å². The zero-order valence-corrected chi connectivity index (χ0v) is 15.2. The van der Waals surface area contributed by atoms with Crippen molar-refractivity contribution in [3.63, 3.8) is 0 Å². The van der Waals surface area contributed by atoms with E-state index in [1.165, 1.54) is 0 Å². The fraction of sp³-hybridized carbons (Fsp3) is 0.333.